The molecule has 0 bridgehead atoms. The highest BCUT2D eigenvalue weighted by Gasteiger charge is 2.22. The van der Waals surface area contributed by atoms with Crippen molar-refractivity contribution in [2.75, 3.05) is 32.1 Å². The summed E-state index contributed by atoms with van der Waals surface area (Å²) >= 11 is 0. The number of hydrogen-bond acceptors (Lipinski definition) is 3. The van der Waals surface area contributed by atoms with Crippen molar-refractivity contribution in [2.24, 2.45) is 5.92 Å². The number of methoxy groups -OCH3 is 1. The second-order valence-corrected chi connectivity index (χ2v) is 7.37. The molecule has 0 radical (unpaired) electrons. The molecule has 1 atom stereocenters. The van der Waals surface area contributed by atoms with Crippen LogP contribution in [0, 0.1) is 5.92 Å². The summed E-state index contributed by atoms with van der Waals surface area (Å²) in [5.74, 6) is 0.785. The third kappa shape index (κ3) is 8.24. The number of nitrogens with zero attached hydrogens (tertiary/aromatic N) is 1. The minimum absolute atomic E-state index is 0.0245. The molecule has 0 aliphatic carbocycles. The first kappa shape index (κ1) is 22.1. The Bertz CT molecular complexity index is 684. The van der Waals surface area contributed by atoms with Crippen molar-refractivity contribution in [1.82, 2.24) is 4.90 Å². The van der Waals surface area contributed by atoms with Gasteiger partial charge >= 0.3 is 0 Å². The monoisotopic (exact) mass is 382 g/mol. The lowest BCUT2D eigenvalue weighted by molar-refractivity contribution is -0.114. The average molecular weight is 383 g/mol. The van der Waals surface area contributed by atoms with E-state index in [0.29, 0.717) is 0 Å². The minimum atomic E-state index is -0.0245. The average Bonchev–Trinajstić information content (AvgIpc) is 3.16. The van der Waals surface area contributed by atoms with Crippen molar-refractivity contribution < 1.29 is 9.53 Å². The third-order valence-electron chi connectivity index (χ3n) is 5.02. The highest BCUT2D eigenvalue weighted by Crippen LogP contribution is 2.23. The molecular formula is C24H34N2O2. The Morgan fingerprint density at radius 1 is 1.11 bits per heavy atom. The Morgan fingerprint density at radius 2 is 1.79 bits per heavy atom. The molecule has 1 amide bonds. The number of nitrogens with one attached hydrogen (secondary N) is 1. The minimum Gasteiger partial charge on any atom is -0.385 e. The van der Waals surface area contributed by atoms with Crippen LogP contribution in [-0.4, -0.2) is 37.6 Å². The number of carbonyl (C=O) groups excluding carboxylic acids is 1. The zero-order chi connectivity index (χ0) is 20.2. The Balaban J connectivity index is 0.000000640. The number of likely N-dealkylation sites (tertiary alicyclic amines) is 1. The normalized spacial score (nSPS) is 16.3. The van der Waals surface area contributed by atoms with Gasteiger partial charge in [-0.25, -0.2) is 0 Å². The van der Waals surface area contributed by atoms with Crippen molar-refractivity contribution >= 4 is 11.6 Å². The van der Waals surface area contributed by atoms with E-state index >= 15 is 0 Å². The molecule has 0 saturated carbocycles. The zero-order valence-corrected chi connectivity index (χ0v) is 17.5. The van der Waals surface area contributed by atoms with E-state index in [1.54, 1.807) is 7.11 Å². The van der Waals surface area contributed by atoms with Crippen molar-refractivity contribution in [1.29, 1.82) is 0 Å². The first-order chi connectivity index (χ1) is 13.6. The number of rotatable bonds is 7. The molecule has 1 heterocycles. The van der Waals surface area contributed by atoms with Crippen LogP contribution >= 0.6 is 0 Å². The van der Waals surface area contributed by atoms with Crippen LogP contribution < -0.4 is 5.32 Å². The topological polar surface area (TPSA) is 41.6 Å². The van der Waals surface area contributed by atoms with Gasteiger partial charge in [-0.2, -0.15) is 0 Å². The van der Waals surface area contributed by atoms with Crippen molar-refractivity contribution in [3.05, 3.63) is 65.7 Å². The molecule has 0 spiro atoms. The van der Waals surface area contributed by atoms with Gasteiger partial charge in [-0.1, -0.05) is 42.5 Å². The molecule has 3 rings (SSSR count). The van der Waals surface area contributed by atoms with Crippen LogP contribution in [0.1, 0.15) is 37.8 Å². The van der Waals surface area contributed by atoms with Gasteiger partial charge in [0.05, 0.1) is 0 Å². The lowest BCUT2D eigenvalue weighted by Gasteiger charge is -2.16. The van der Waals surface area contributed by atoms with Gasteiger partial charge in [0, 0.05) is 39.4 Å². The van der Waals surface area contributed by atoms with Crippen molar-refractivity contribution in [2.45, 2.75) is 39.7 Å². The molecule has 152 valence electrons. The van der Waals surface area contributed by atoms with Gasteiger partial charge in [-0.3, -0.25) is 9.69 Å². The largest absolute Gasteiger partial charge is 0.385 e. The summed E-state index contributed by atoms with van der Waals surface area (Å²) in [7, 11) is 1.68. The highest BCUT2D eigenvalue weighted by molar-refractivity contribution is 5.88. The van der Waals surface area contributed by atoms with Crippen molar-refractivity contribution in [3.8, 4) is 0 Å². The van der Waals surface area contributed by atoms with E-state index in [0.717, 1.165) is 24.8 Å². The van der Waals surface area contributed by atoms with E-state index < -0.39 is 0 Å². The van der Waals surface area contributed by atoms with Gasteiger partial charge in [0.1, 0.15) is 0 Å². The summed E-state index contributed by atoms with van der Waals surface area (Å²) in [6.45, 7) is 7.70. The Kier molecular flexibility index (Phi) is 9.73. The summed E-state index contributed by atoms with van der Waals surface area (Å²) in [6, 6.07) is 19.0. The van der Waals surface area contributed by atoms with Crippen LogP contribution in [0.25, 0.3) is 0 Å². The predicted octanol–water partition coefficient (Wildman–Crippen LogP) is 4.75. The molecule has 1 fully saturated rings. The summed E-state index contributed by atoms with van der Waals surface area (Å²) in [5.41, 5.74) is 3.63. The molecule has 28 heavy (non-hydrogen) atoms. The second-order valence-electron chi connectivity index (χ2n) is 7.37. The molecule has 0 aromatic heterocycles. The lowest BCUT2D eigenvalue weighted by Crippen LogP contribution is -2.20. The summed E-state index contributed by atoms with van der Waals surface area (Å²) in [5, 5.41) is 2.81. The summed E-state index contributed by atoms with van der Waals surface area (Å²) in [6.07, 6.45) is 3.77. The second kappa shape index (κ2) is 12.3. The lowest BCUT2D eigenvalue weighted by atomic mass is 9.99. The Morgan fingerprint density at radius 3 is 2.39 bits per heavy atom. The number of aryl methyl sites for hydroxylation is 1. The van der Waals surface area contributed by atoms with Crippen LogP contribution in [-0.2, 0) is 22.5 Å². The molecule has 1 aliphatic rings. The molecule has 2 aromatic carbocycles. The number of ether oxygens (including phenoxy) is 1. The third-order valence-corrected chi connectivity index (χ3v) is 5.02. The first-order valence-electron chi connectivity index (χ1n) is 10.2. The number of benzene rings is 2. The fourth-order valence-electron chi connectivity index (χ4n) is 3.46. The number of hydrogen-bond donors (Lipinski definition) is 1. The van der Waals surface area contributed by atoms with Gasteiger partial charge in [0.2, 0.25) is 5.91 Å². The van der Waals surface area contributed by atoms with E-state index in [9.17, 15) is 4.79 Å². The molecule has 1 aliphatic heterocycles. The quantitative estimate of drug-likeness (QED) is 0.751. The van der Waals surface area contributed by atoms with Crippen molar-refractivity contribution in [3.63, 3.8) is 0 Å². The highest BCUT2D eigenvalue weighted by atomic mass is 16.5. The standard InChI is InChI=1S/C21H26N2O.C3H8O/c1-17(24)22-21-11-9-19(10-12-21)15-23-14-13-20(16-23)8-7-18-5-3-2-4-6-18;1-3-4-2/h2-6,9-12,20H,7-8,13-16H2,1H3,(H,22,24);3H2,1-2H3. The maximum Gasteiger partial charge on any atom is 0.221 e. The molecular weight excluding hydrogens is 348 g/mol. The van der Waals surface area contributed by atoms with Gasteiger partial charge in [-0.15, -0.1) is 0 Å². The number of amides is 1. The van der Waals surface area contributed by atoms with Gasteiger partial charge in [0.25, 0.3) is 0 Å². The van der Waals surface area contributed by atoms with Gasteiger partial charge in [-0.05, 0) is 61.9 Å². The number of anilines is 1. The first-order valence-corrected chi connectivity index (χ1v) is 10.2. The SMILES string of the molecule is CC(=O)Nc1ccc(CN2CCC(CCc3ccccc3)C2)cc1.CCOC. The van der Waals surface area contributed by atoms with Gasteiger partial charge < -0.3 is 10.1 Å². The van der Waals surface area contributed by atoms with E-state index in [4.69, 9.17) is 0 Å². The van der Waals surface area contributed by atoms with E-state index in [2.05, 4.69) is 57.4 Å². The number of carbonyl (C=O) groups is 1. The maximum absolute atomic E-state index is 11.1. The van der Waals surface area contributed by atoms with E-state index in [-0.39, 0.29) is 5.91 Å². The maximum atomic E-state index is 11.1. The van der Waals surface area contributed by atoms with E-state index in [1.165, 1.54) is 50.4 Å². The fourth-order valence-corrected chi connectivity index (χ4v) is 3.46. The molecule has 4 nitrogen and oxygen atoms in total. The molecule has 2 aromatic rings. The Labute approximate surface area is 169 Å². The van der Waals surface area contributed by atoms with Crippen LogP contribution in [0.3, 0.4) is 0 Å². The van der Waals surface area contributed by atoms with Crippen LogP contribution in [0.4, 0.5) is 5.69 Å². The molecule has 1 unspecified atom stereocenters. The fraction of sp³-hybridized carbons (Fsp3) is 0.458. The summed E-state index contributed by atoms with van der Waals surface area (Å²) < 4.78 is 4.54. The van der Waals surface area contributed by atoms with Crippen LogP contribution in [0.2, 0.25) is 0 Å². The smallest absolute Gasteiger partial charge is 0.221 e. The van der Waals surface area contributed by atoms with Crippen LogP contribution in [0.15, 0.2) is 54.6 Å². The predicted molar refractivity (Wildman–Crippen MR) is 116 cm³/mol. The van der Waals surface area contributed by atoms with Crippen LogP contribution in [0.5, 0.6) is 0 Å². The van der Waals surface area contributed by atoms with Gasteiger partial charge in [0.15, 0.2) is 0 Å². The molecule has 1 saturated heterocycles. The molecule has 4 heteroatoms. The molecule has 1 N–H and O–H groups in total. The summed E-state index contributed by atoms with van der Waals surface area (Å²) in [4.78, 5) is 13.6. The zero-order valence-electron chi connectivity index (χ0n) is 17.5. The Hall–Kier alpha value is -2.17. The van der Waals surface area contributed by atoms with E-state index in [1.807, 2.05) is 19.1 Å².